The molecule has 4 nitrogen and oxygen atoms in total. The first kappa shape index (κ1) is 14.2. The smallest absolute Gasteiger partial charge is 0.119 e. The van der Waals surface area contributed by atoms with Crippen LogP contribution < -0.4 is 4.74 Å². The minimum atomic E-state index is 0.210. The lowest BCUT2D eigenvalue weighted by molar-refractivity contribution is 0.253. The van der Waals surface area contributed by atoms with Gasteiger partial charge >= 0.3 is 0 Å². The highest BCUT2D eigenvalue weighted by atomic mass is 16.5. The van der Waals surface area contributed by atoms with E-state index in [9.17, 15) is 0 Å². The first-order valence-electron chi connectivity index (χ1n) is 6.69. The summed E-state index contributed by atoms with van der Waals surface area (Å²) in [6.45, 7) is 0.827. The summed E-state index contributed by atoms with van der Waals surface area (Å²) < 4.78 is 5.54. The fourth-order valence-corrected chi connectivity index (χ4v) is 1.62. The Bertz CT molecular complexity index is 524. The van der Waals surface area contributed by atoms with E-state index in [0.29, 0.717) is 6.61 Å². The molecular weight excluding hydrogens is 252 g/mol. The highest BCUT2D eigenvalue weighted by Crippen LogP contribution is 2.21. The highest BCUT2D eigenvalue weighted by molar-refractivity contribution is 5.42. The van der Waals surface area contributed by atoms with E-state index < -0.39 is 0 Å². The molecule has 1 N–H and O–H groups in total. The molecule has 2 rings (SSSR count). The first-order valence-corrected chi connectivity index (χ1v) is 6.69. The van der Waals surface area contributed by atoms with Gasteiger partial charge in [-0.25, -0.2) is 0 Å². The van der Waals surface area contributed by atoms with Crippen molar-refractivity contribution in [3.8, 4) is 5.75 Å². The summed E-state index contributed by atoms with van der Waals surface area (Å²) in [6, 6.07) is 17.1. The summed E-state index contributed by atoms with van der Waals surface area (Å²) in [7, 11) is 0. The van der Waals surface area contributed by atoms with E-state index in [4.69, 9.17) is 9.84 Å². The van der Waals surface area contributed by atoms with E-state index in [-0.39, 0.29) is 6.61 Å². The molecule has 0 heterocycles. The Labute approximate surface area is 118 Å². The minimum Gasteiger partial charge on any atom is -0.494 e. The van der Waals surface area contributed by atoms with E-state index in [1.165, 1.54) is 0 Å². The summed E-state index contributed by atoms with van der Waals surface area (Å²) in [5.74, 6) is 0.807. The molecule has 0 saturated heterocycles. The Morgan fingerprint density at radius 1 is 0.800 bits per heavy atom. The van der Waals surface area contributed by atoms with Crippen molar-refractivity contribution in [2.75, 3.05) is 13.2 Å². The van der Waals surface area contributed by atoms with Gasteiger partial charge in [0.2, 0.25) is 0 Å². The normalized spacial score (nSPS) is 10.8. The van der Waals surface area contributed by atoms with Gasteiger partial charge in [-0.1, -0.05) is 18.2 Å². The van der Waals surface area contributed by atoms with Crippen molar-refractivity contribution in [1.82, 2.24) is 0 Å². The van der Waals surface area contributed by atoms with E-state index in [0.717, 1.165) is 30.0 Å². The second-order valence-corrected chi connectivity index (χ2v) is 4.31. The zero-order chi connectivity index (χ0) is 14.0. The van der Waals surface area contributed by atoms with Gasteiger partial charge in [-0.15, -0.1) is 0 Å². The van der Waals surface area contributed by atoms with Gasteiger partial charge in [0.25, 0.3) is 0 Å². The maximum Gasteiger partial charge on any atom is 0.119 e. The molecule has 104 valence electrons. The molecule has 0 aliphatic heterocycles. The number of azo groups is 1. The number of benzene rings is 2. The molecule has 2 aromatic rings. The first-order chi connectivity index (χ1) is 9.88. The van der Waals surface area contributed by atoms with Gasteiger partial charge in [0.1, 0.15) is 5.75 Å². The molecule has 0 aromatic heterocycles. The van der Waals surface area contributed by atoms with Crippen molar-refractivity contribution in [2.24, 2.45) is 10.2 Å². The zero-order valence-electron chi connectivity index (χ0n) is 11.3. The molecule has 0 saturated carbocycles. The molecule has 0 aliphatic rings. The lowest BCUT2D eigenvalue weighted by atomic mass is 10.3. The quantitative estimate of drug-likeness (QED) is 0.604. The van der Waals surface area contributed by atoms with Crippen molar-refractivity contribution in [1.29, 1.82) is 0 Å². The maximum absolute atomic E-state index is 8.67. The van der Waals surface area contributed by atoms with Crippen LogP contribution in [0.5, 0.6) is 5.75 Å². The average molecular weight is 270 g/mol. The second kappa shape index (κ2) is 8.07. The third kappa shape index (κ3) is 4.82. The van der Waals surface area contributed by atoms with Gasteiger partial charge in [0, 0.05) is 6.61 Å². The molecule has 2 aromatic carbocycles. The molecule has 4 heteroatoms. The lowest BCUT2D eigenvalue weighted by Gasteiger charge is -2.05. The van der Waals surface area contributed by atoms with Crippen LogP contribution in [0.3, 0.4) is 0 Å². The molecule has 0 radical (unpaired) electrons. The topological polar surface area (TPSA) is 54.2 Å². The predicted octanol–water partition coefficient (Wildman–Crippen LogP) is 4.25. The summed E-state index contributed by atoms with van der Waals surface area (Å²) in [6.07, 6.45) is 1.62. The Morgan fingerprint density at radius 3 is 2.10 bits per heavy atom. The Balaban J connectivity index is 1.87. The van der Waals surface area contributed by atoms with E-state index in [1.807, 2.05) is 54.6 Å². The number of ether oxygens (including phenoxy) is 1. The van der Waals surface area contributed by atoms with E-state index in [1.54, 1.807) is 0 Å². The summed E-state index contributed by atoms with van der Waals surface area (Å²) in [5, 5.41) is 17.0. The van der Waals surface area contributed by atoms with Crippen molar-refractivity contribution in [3.05, 3.63) is 54.6 Å². The van der Waals surface area contributed by atoms with E-state index in [2.05, 4.69) is 10.2 Å². The number of aliphatic hydroxyl groups is 1. The van der Waals surface area contributed by atoms with Gasteiger partial charge in [-0.2, -0.15) is 10.2 Å². The molecule has 0 bridgehead atoms. The molecular formula is C16H18N2O2. The Hall–Kier alpha value is -2.20. The van der Waals surface area contributed by atoms with E-state index >= 15 is 0 Å². The van der Waals surface area contributed by atoms with Crippen LogP contribution in [0, 0.1) is 0 Å². The van der Waals surface area contributed by atoms with Crippen LogP contribution in [-0.2, 0) is 0 Å². The third-order valence-electron chi connectivity index (χ3n) is 2.70. The van der Waals surface area contributed by atoms with Crippen LogP contribution in [0.25, 0.3) is 0 Å². The van der Waals surface area contributed by atoms with Crippen molar-refractivity contribution < 1.29 is 9.84 Å². The molecule has 0 unspecified atom stereocenters. The predicted molar refractivity (Wildman–Crippen MR) is 78.9 cm³/mol. The summed E-state index contributed by atoms with van der Waals surface area (Å²) in [4.78, 5) is 0. The van der Waals surface area contributed by atoms with Crippen molar-refractivity contribution >= 4 is 11.4 Å². The number of rotatable bonds is 7. The molecule has 20 heavy (non-hydrogen) atoms. The molecule has 0 atom stereocenters. The fraction of sp³-hybridized carbons (Fsp3) is 0.250. The molecule has 0 amide bonds. The number of hydrogen-bond donors (Lipinski definition) is 1. The SMILES string of the molecule is OCCCCOc1ccc(N=Nc2ccccc2)cc1. The fourth-order valence-electron chi connectivity index (χ4n) is 1.62. The molecule has 0 aliphatic carbocycles. The highest BCUT2D eigenvalue weighted by Gasteiger charge is 1.95. The van der Waals surface area contributed by atoms with Gasteiger partial charge < -0.3 is 9.84 Å². The number of hydrogen-bond acceptors (Lipinski definition) is 4. The second-order valence-electron chi connectivity index (χ2n) is 4.31. The van der Waals surface area contributed by atoms with Gasteiger partial charge in [0.15, 0.2) is 0 Å². The van der Waals surface area contributed by atoms with Crippen molar-refractivity contribution in [3.63, 3.8) is 0 Å². The molecule has 0 fully saturated rings. The Kier molecular flexibility index (Phi) is 5.73. The van der Waals surface area contributed by atoms with Crippen molar-refractivity contribution in [2.45, 2.75) is 12.8 Å². The van der Waals surface area contributed by atoms with Crippen LogP contribution in [-0.4, -0.2) is 18.3 Å². The minimum absolute atomic E-state index is 0.210. The molecule has 0 spiro atoms. The Morgan fingerprint density at radius 2 is 1.45 bits per heavy atom. The van der Waals surface area contributed by atoms with Crippen LogP contribution >= 0.6 is 0 Å². The number of unbranched alkanes of at least 4 members (excludes halogenated alkanes) is 1. The summed E-state index contributed by atoms with van der Waals surface area (Å²) in [5.41, 5.74) is 1.62. The van der Waals surface area contributed by atoms with Crippen LogP contribution in [0.15, 0.2) is 64.8 Å². The summed E-state index contributed by atoms with van der Waals surface area (Å²) >= 11 is 0. The standard InChI is InChI=1S/C16H18N2O2/c19-12-4-5-13-20-16-10-8-15(9-11-16)18-17-14-6-2-1-3-7-14/h1-3,6-11,19H,4-5,12-13H2. The third-order valence-corrected chi connectivity index (χ3v) is 2.70. The number of nitrogens with zero attached hydrogens (tertiary/aromatic N) is 2. The van der Waals surface area contributed by atoms with Crippen LogP contribution in [0.2, 0.25) is 0 Å². The largest absolute Gasteiger partial charge is 0.494 e. The van der Waals surface area contributed by atoms with Gasteiger partial charge in [0.05, 0.1) is 18.0 Å². The van der Waals surface area contributed by atoms with Crippen LogP contribution in [0.4, 0.5) is 11.4 Å². The monoisotopic (exact) mass is 270 g/mol. The maximum atomic E-state index is 8.67. The van der Waals surface area contributed by atoms with Crippen LogP contribution in [0.1, 0.15) is 12.8 Å². The number of aliphatic hydroxyl groups excluding tert-OH is 1. The zero-order valence-corrected chi connectivity index (χ0v) is 11.3. The van der Waals surface area contributed by atoms with Gasteiger partial charge in [-0.3, -0.25) is 0 Å². The average Bonchev–Trinajstić information content (AvgIpc) is 2.52. The van der Waals surface area contributed by atoms with Gasteiger partial charge in [-0.05, 0) is 49.2 Å². The lowest BCUT2D eigenvalue weighted by Crippen LogP contribution is -1.98.